The van der Waals surface area contributed by atoms with Crippen LogP contribution in [0.5, 0.6) is 0 Å². The highest BCUT2D eigenvalue weighted by Gasteiger charge is 2.25. The molecule has 112 heavy (non-hydrogen) atoms. The minimum Gasteiger partial charge on any atom is -0.455 e. The topological polar surface area (TPSA) is 104 Å². The van der Waals surface area contributed by atoms with E-state index in [9.17, 15) is 0 Å². The van der Waals surface area contributed by atoms with Crippen molar-refractivity contribution in [3.05, 3.63) is 364 Å². The van der Waals surface area contributed by atoms with E-state index in [-0.39, 0.29) is 0 Å². The van der Waals surface area contributed by atoms with E-state index in [2.05, 4.69) is 322 Å². The van der Waals surface area contributed by atoms with Crippen molar-refractivity contribution in [1.29, 1.82) is 0 Å². The predicted octanol–water partition coefficient (Wildman–Crippen LogP) is 28.3. The van der Waals surface area contributed by atoms with Crippen LogP contribution < -0.4 is 0 Å². The SMILES string of the molecule is c1ccc(-c2ccc(-c3nc(-c4cccc(-c5ccc6c(c5)sc5c(-c7ccccc7)ccc(-c7cccc8c7oc7cc(-c9nc(-c%10ccccc%10)nc(-c%10ccc(-c%11ccccc%11)cc%10)n9)ccc78)c56)c4)nc(-c4ccc5c(c4)oc4c(-c6cc(-c7ccccc7)cc7sc8ccccc8c67)cccc45)n3)cc2)cc1. The molecule has 6 heterocycles. The molecule has 0 aliphatic carbocycles. The van der Waals surface area contributed by atoms with E-state index in [0.717, 1.165) is 154 Å². The quantitative estimate of drug-likeness (QED) is 0.112. The Morgan fingerprint density at radius 2 is 0.536 bits per heavy atom. The lowest BCUT2D eigenvalue weighted by molar-refractivity contribution is 0.670. The number of rotatable bonds is 13. The first kappa shape index (κ1) is 64.7. The smallest absolute Gasteiger partial charge is 0.164 e. The van der Waals surface area contributed by atoms with Crippen molar-refractivity contribution in [3.63, 3.8) is 0 Å². The highest BCUT2D eigenvalue weighted by molar-refractivity contribution is 7.26. The summed E-state index contributed by atoms with van der Waals surface area (Å²) in [6.45, 7) is 0. The second-order valence-corrected chi connectivity index (χ2v) is 30.5. The lowest BCUT2D eigenvalue weighted by atomic mass is 9.93. The molecule has 8 nitrogen and oxygen atoms in total. The fraction of sp³-hybridized carbons (Fsp3) is 0. The molecule has 0 atom stereocenters. The van der Waals surface area contributed by atoms with Crippen LogP contribution in [0.2, 0.25) is 0 Å². The number of hydrogen-bond donors (Lipinski definition) is 0. The van der Waals surface area contributed by atoms with E-state index in [1.807, 2.05) is 65.1 Å². The van der Waals surface area contributed by atoms with Crippen molar-refractivity contribution in [3.8, 4) is 146 Å². The number of hydrogen-bond acceptors (Lipinski definition) is 10. The summed E-state index contributed by atoms with van der Waals surface area (Å²) in [6, 6.07) is 128. The van der Waals surface area contributed by atoms with E-state index >= 15 is 0 Å². The van der Waals surface area contributed by atoms with Crippen molar-refractivity contribution < 1.29 is 8.83 Å². The van der Waals surface area contributed by atoms with Crippen molar-refractivity contribution >= 4 is 107 Å². The number of aromatic nitrogens is 6. The Hall–Kier alpha value is -14.4. The van der Waals surface area contributed by atoms with Gasteiger partial charge in [-0.2, -0.15) is 0 Å². The van der Waals surface area contributed by atoms with Crippen LogP contribution >= 0.6 is 22.7 Å². The average Bonchev–Trinajstić information content (AvgIpc) is 1.57. The third kappa shape index (κ3) is 11.3. The van der Waals surface area contributed by atoms with Gasteiger partial charge in [-0.25, -0.2) is 29.9 Å². The number of thiophene rings is 2. The van der Waals surface area contributed by atoms with Gasteiger partial charge in [-0.15, -0.1) is 22.7 Å². The maximum absolute atomic E-state index is 7.15. The van der Waals surface area contributed by atoms with Crippen LogP contribution in [0.15, 0.2) is 373 Å². The summed E-state index contributed by atoms with van der Waals surface area (Å²) in [5, 5.41) is 8.87. The Labute approximate surface area is 651 Å². The van der Waals surface area contributed by atoms with Crippen molar-refractivity contribution in [2.75, 3.05) is 0 Å². The third-order valence-corrected chi connectivity index (χ3v) is 23.9. The lowest BCUT2D eigenvalue weighted by Crippen LogP contribution is -2.00. The van der Waals surface area contributed by atoms with Crippen molar-refractivity contribution in [2.45, 2.75) is 0 Å². The van der Waals surface area contributed by atoms with Crippen LogP contribution in [-0.2, 0) is 0 Å². The van der Waals surface area contributed by atoms with Gasteiger partial charge < -0.3 is 8.83 Å². The zero-order chi connectivity index (χ0) is 73.7. The number of para-hydroxylation sites is 2. The number of fused-ring (bicyclic) bond motifs is 12. The Morgan fingerprint density at radius 1 is 0.179 bits per heavy atom. The maximum Gasteiger partial charge on any atom is 0.164 e. The molecule has 0 saturated carbocycles. The van der Waals surface area contributed by atoms with Gasteiger partial charge in [0.15, 0.2) is 34.9 Å². The molecule has 0 spiro atoms. The highest BCUT2D eigenvalue weighted by atomic mass is 32.1. The van der Waals surface area contributed by atoms with Gasteiger partial charge in [-0.05, 0) is 121 Å². The molecule has 16 aromatic carbocycles. The standard InChI is InChI=1S/C102H60N6O2S2/c1-6-21-61(22-7-1)64-39-43-68(44-40-64)98-103-97(67-29-14-5-15-30-67)104-101(106-98)73-48-50-77-80-34-19-36-82(94(80)109-87(77)57-73)79-54-53-76(66-27-12-4-13-28-66)96-93(79)85-52-47-71(59-90(85)112-96)70-31-18-32-72(55-70)100-105-99(69-45-41-65(42-46-69)62-23-8-2-9-24-62)107-102(108-100)74-49-51-78-81-35-20-37-83(95(81)110-88(78)58-74)86-56-75(63-25-10-3-11-26-63)60-91-92(86)84-33-16-17-38-89(84)111-91/h1-60H. The third-order valence-electron chi connectivity index (χ3n) is 21.6. The normalized spacial score (nSPS) is 11.8. The lowest BCUT2D eigenvalue weighted by Gasteiger charge is -2.11. The van der Waals surface area contributed by atoms with Crippen LogP contribution in [0.25, 0.3) is 230 Å². The van der Waals surface area contributed by atoms with Gasteiger partial charge >= 0.3 is 0 Å². The van der Waals surface area contributed by atoms with Gasteiger partial charge in [-0.3, -0.25) is 0 Å². The molecule has 0 unspecified atom stereocenters. The van der Waals surface area contributed by atoms with Crippen LogP contribution in [0.4, 0.5) is 0 Å². The first-order chi connectivity index (χ1) is 55.4. The second kappa shape index (κ2) is 26.8. The van der Waals surface area contributed by atoms with E-state index in [4.69, 9.17) is 38.7 Å². The van der Waals surface area contributed by atoms with E-state index < -0.39 is 0 Å². The van der Waals surface area contributed by atoms with Crippen LogP contribution in [0, 0.1) is 0 Å². The second-order valence-electron chi connectivity index (χ2n) is 28.3. The zero-order valence-electron chi connectivity index (χ0n) is 60.0. The van der Waals surface area contributed by atoms with Gasteiger partial charge in [-0.1, -0.05) is 309 Å². The largest absolute Gasteiger partial charge is 0.455 e. The molecule has 522 valence electrons. The van der Waals surface area contributed by atoms with E-state index in [1.54, 1.807) is 0 Å². The molecule has 0 amide bonds. The molecule has 0 fully saturated rings. The minimum absolute atomic E-state index is 0.537. The van der Waals surface area contributed by atoms with Gasteiger partial charge in [0, 0.05) is 106 Å². The summed E-state index contributed by atoms with van der Waals surface area (Å²) in [6.07, 6.45) is 0. The molecular formula is C102H60N6O2S2. The minimum atomic E-state index is 0.537. The fourth-order valence-corrected chi connectivity index (χ4v) is 18.6. The molecule has 0 aliphatic heterocycles. The summed E-state index contributed by atoms with van der Waals surface area (Å²) < 4.78 is 19.1. The Bertz CT molecular complexity index is 7470. The molecule has 0 N–H and O–H groups in total. The first-order valence-electron chi connectivity index (χ1n) is 37.4. The number of benzene rings is 16. The van der Waals surface area contributed by atoms with Crippen LogP contribution in [0.3, 0.4) is 0 Å². The summed E-state index contributed by atoms with van der Waals surface area (Å²) in [4.78, 5) is 31.4. The fourth-order valence-electron chi connectivity index (χ4n) is 16.1. The zero-order valence-corrected chi connectivity index (χ0v) is 61.6. The molecule has 0 bridgehead atoms. The molecule has 0 saturated heterocycles. The van der Waals surface area contributed by atoms with Crippen LogP contribution in [0.1, 0.15) is 0 Å². The van der Waals surface area contributed by atoms with E-state index in [1.165, 1.54) is 41.4 Å². The van der Waals surface area contributed by atoms with Gasteiger partial charge in [0.05, 0.1) is 0 Å². The molecule has 0 radical (unpaired) electrons. The van der Waals surface area contributed by atoms with Gasteiger partial charge in [0.25, 0.3) is 0 Å². The van der Waals surface area contributed by atoms with E-state index in [0.29, 0.717) is 34.9 Å². The Kier molecular flexibility index (Phi) is 15.5. The number of nitrogens with zero attached hydrogens (tertiary/aromatic N) is 6. The van der Waals surface area contributed by atoms with Crippen LogP contribution in [-0.4, -0.2) is 29.9 Å². The van der Waals surface area contributed by atoms with Crippen molar-refractivity contribution in [2.24, 2.45) is 0 Å². The Morgan fingerprint density at radius 3 is 1.09 bits per heavy atom. The maximum atomic E-state index is 7.15. The first-order valence-corrected chi connectivity index (χ1v) is 39.1. The molecular weight excluding hydrogens is 1410 g/mol. The monoisotopic (exact) mass is 1460 g/mol. The van der Waals surface area contributed by atoms with Gasteiger partial charge in [0.1, 0.15) is 22.3 Å². The summed E-state index contributed by atoms with van der Waals surface area (Å²) in [7, 11) is 0. The summed E-state index contributed by atoms with van der Waals surface area (Å²) in [5.74, 6) is 3.40. The molecule has 0 aliphatic rings. The van der Waals surface area contributed by atoms with Gasteiger partial charge in [0.2, 0.25) is 0 Å². The molecule has 22 rings (SSSR count). The molecule has 10 heteroatoms. The summed E-state index contributed by atoms with van der Waals surface area (Å²) >= 11 is 3.65. The molecule has 22 aromatic rings. The highest BCUT2D eigenvalue weighted by Crippen LogP contribution is 2.50. The molecule has 6 aromatic heterocycles. The van der Waals surface area contributed by atoms with Crippen molar-refractivity contribution in [1.82, 2.24) is 29.9 Å². The summed E-state index contributed by atoms with van der Waals surface area (Å²) in [5.41, 5.74) is 23.8. The average molecular weight is 1470 g/mol. The Balaban J connectivity index is 0.641. The number of furan rings is 2. The predicted molar refractivity (Wildman–Crippen MR) is 464 cm³/mol.